The first-order valence-electron chi connectivity index (χ1n) is 6.57. The summed E-state index contributed by atoms with van der Waals surface area (Å²) in [6, 6.07) is 1.88. The quantitative estimate of drug-likeness (QED) is 0.837. The highest BCUT2D eigenvalue weighted by molar-refractivity contribution is 7.90. The Labute approximate surface area is 122 Å². The van der Waals surface area contributed by atoms with Crippen molar-refractivity contribution in [2.75, 3.05) is 18.6 Å². The lowest BCUT2D eigenvalue weighted by molar-refractivity contribution is -0.137. The van der Waals surface area contributed by atoms with Gasteiger partial charge in [0.25, 0.3) is 0 Å². The van der Waals surface area contributed by atoms with Crippen LogP contribution in [0.1, 0.15) is 37.1 Å². The maximum Gasteiger partial charge on any atom is 0.417 e. The lowest BCUT2D eigenvalue weighted by atomic mass is 10.1. The molecule has 0 aliphatic rings. The van der Waals surface area contributed by atoms with Crippen LogP contribution in [-0.4, -0.2) is 32.0 Å². The summed E-state index contributed by atoms with van der Waals surface area (Å²) >= 11 is 0. The smallest absolute Gasteiger partial charge is 0.309 e. The van der Waals surface area contributed by atoms with Crippen LogP contribution in [-0.2, 0) is 16.0 Å². The molecule has 0 bridgehead atoms. The molecule has 1 heterocycles. The molecule has 0 saturated heterocycles. The minimum absolute atomic E-state index is 0.0446. The second-order valence-electron chi connectivity index (χ2n) is 4.89. The zero-order valence-electron chi connectivity index (χ0n) is 11.9. The van der Waals surface area contributed by atoms with Crippen LogP contribution < -0.4 is 5.32 Å². The molecule has 120 valence electrons. The number of aromatic nitrogens is 1. The molecule has 1 unspecified atom stereocenters. The fourth-order valence-corrected chi connectivity index (χ4v) is 2.45. The number of alkyl halides is 3. The van der Waals surface area contributed by atoms with Gasteiger partial charge in [-0.25, -0.2) is 8.42 Å². The van der Waals surface area contributed by atoms with Crippen molar-refractivity contribution in [3.63, 3.8) is 0 Å². The van der Waals surface area contributed by atoms with E-state index in [4.69, 9.17) is 0 Å². The Morgan fingerprint density at radius 2 is 2.00 bits per heavy atom. The first kappa shape index (κ1) is 17.9. The maximum absolute atomic E-state index is 12.5. The van der Waals surface area contributed by atoms with Crippen molar-refractivity contribution >= 4 is 9.84 Å². The van der Waals surface area contributed by atoms with E-state index in [0.29, 0.717) is 12.2 Å². The Kier molecular flexibility index (Phi) is 6.15. The third-order valence-corrected chi connectivity index (χ3v) is 3.87. The van der Waals surface area contributed by atoms with E-state index in [1.54, 1.807) is 0 Å². The van der Waals surface area contributed by atoms with Gasteiger partial charge in [-0.1, -0.05) is 6.92 Å². The molecule has 1 aromatic rings. The van der Waals surface area contributed by atoms with Crippen LogP contribution in [0, 0.1) is 0 Å². The first-order chi connectivity index (χ1) is 9.63. The monoisotopic (exact) mass is 324 g/mol. The largest absolute Gasteiger partial charge is 0.417 e. The summed E-state index contributed by atoms with van der Waals surface area (Å²) in [7, 11) is -3.13. The van der Waals surface area contributed by atoms with Gasteiger partial charge in [0.15, 0.2) is 0 Å². The molecule has 0 amide bonds. The van der Waals surface area contributed by atoms with E-state index >= 15 is 0 Å². The third kappa shape index (κ3) is 6.43. The van der Waals surface area contributed by atoms with Gasteiger partial charge in [-0.3, -0.25) is 4.98 Å². The summed E-state index contributed by atoms with van der Waals surface area (Å²) in [5.74, 6) is -0.0446. The topological polar surface area (TPSA) is 59.1 Å². The molecule has 0 saturated carbocycles. The molecule has 21 heavy (non-hydrogen) atoms. The van der Waals surface area contributed by atoms with Gasteiger partial charge in [0.05, 0.1) is 23.1 Å². The zero-order valence-corrected chi connectivity index (χ0v) is 12.8. The van der Waals surface area contributed by atoms with Gasteiger partial charge >= 0.3 is 6.18 Å². The molecule has 0 aliphatic carbocycles. The number of rotatable bonds is 7. The molecule has 8 heteroatoms. The molecule has 0 fully saturated rings. The highest BCUT2D eigenvalue weighted by Gasteiger charge is 2.31. The van der Waals surface area contributed by atoms with Gasteiger partial charge in [-0.2, -0.15) is 13.2 Å². The predicted molar refractivity (Wildman–Crippen MR) is 74.6 cm³/mol. The summed E-state index contributed by atoms with van der Waals surface area (Å²) < 4.78 is 59.9. The first-order valence-corrected chi connectivity index (χ1v) is 8.64. The van der Waals surface area contributed by atoms with Crippen LogP contribution in [0.2, 0.25) is 0 Å². The van der Waals surface area contributed by atoms with Crippen molar-refractivity contribution in [2.24, 2.45) is 0 Å². The van der Waals surface area contributed by atoms with Gasteiger partial charge in [0.1, 0.15) is 9.84 Å². The summed E-state index contributed by atoms with van der Waals surface area (Å²) in [5, 5.41) is 3.11. The SMILES string of the molecule is CCCNC(CCS(C)(=O)=O)c1ccc(C(F)(F)F)cn1. The highest BCUT2D eigenvalue weighted by atomic mass is 32.2. The zero-order chi connectivity index (χ0) is 16.1. The van der Waals surface area contributed by atoms with E-state index in [1.807, 2.05) is 6.92 Å². The molecule has 0 spiro atoms. The molecule has 0 aliphatic heterocycles. The van der Waals surface area contributed by atoms with Crippen molar-refractivity contribution in [2.45, 2.75) is 32.0 Å². The molecule has 0 aromatic carbocycles. The fraction of sp³-hybridized carbons (Fsp3) is 0.615. The Morgan fingerprint density at radius 1 is 1.33 bits per heavy atom. The van der Waals surface area contributed by atoms with E-state index < -0.39 is 21.6 Å². The molecule has 1 aromatic heterocycles. The summed E-state index contributed by atoms with van der Waals surface area (Å²) in [4.78, 5) is 3.82. The van der Waals surface area contributed by atoms with E-state index in [0.717, 1.165) is 24.9 Å². The van der Waals surface area contributed by atoms with Gasteiger partial charge < -0.3 is 5.32 Å². The van der Waals surface area contributed by atoms with Gasteiger partial charge in [-0.15, -0.1) is 0 Å². The van der Waals surface area contributed by atoms with E-state index in [-0.39, 0.29) is 18.2 Å². The predicted octanol–water partition coefficient (Wildman–Crippen LogP) is 2.58. The van der Waals surface area contributed by atoms with Crippen molar-refractivity contribution in [3.8, 4) is 0 Å². The van der Waals surface area contributed by atoms with Gasteiger partial charge in [0.2, 0.25) is 0 Å². The normalized spacial score (nSPS) is 14.1. The average molecular weight is 324 g/mol. The second-order valence-corrected chi connectivity index (χ2v) is 7.15. The standard InChI is InChI=1S/C13H19F3N2O2S/c1-3-7-17-12(6-8-21(2,19)20)11-5-4-10(9-18-11)13(14,15)16/h4-5,9,12,17H,3,6-8H2,1-2H3. The Hall–Kier alpha value is -1.15. The molecule has 0 radical (unpaired) electrons. The van der Waals surface area contributed by atoms with Crippen molar-refractivity contribution in [1.82, 2.24) is 10.3 Å². The van der Waals surface area contributed by atoms with Crippen LogP contribution in [0.15, 0.2) is 18.3 Å². The lowest BCUT2D eigenvalue weighted by Gasteiger charge is -2.18. The van der Waals surface area contributed by atoms with Crippen molar-refractivity contribution in [1.29, 1.82) is 0 Å². The third-order valence-electron chi connectivity index (χ3n) is 2.89. The number of nitrogens with one attached hydrogen (secondary N) is 1. The summed E-state index contributed by atoms with van der Waals surface area (Å²) in [6.45, 7) is 2.58. The Balaban J connectivity index is 2.87. The van der Waals surface area contributed by atoms with Crippen molar-refractivity contribution < 1.29 is 21.6 Å². The molecule has 1 atom stereocenters. The van der Waals surface area contributed by atoms with E-state index in [2.05, 4.69) is 10.3 Å². The Bertz CT molecular complexity index is 542. The molecule has 1 rings (SSSR count). The highest BCUT2D eigenvalue weighted by Crippen LogP contribution is 2.29. The van der Waals surface area contributed by atoms with Crippen LogP contribution in [0.5, 0.6) is 0 Å². The summed E-state index contributed by atoms with van der Waals surface area (Å²) in [5.41, 5.74) is -0.399. The minimum atomic E-state index is -4.43. The average Bonchev–Trinajstić information content (AvgIpc) is 2.37. The molecular weight excluding hydrogens is 305 g/mol. The Morgan fingerprint density at radius 3 is 2.43 bits per heavy atom. The van der Waals surface area contributed by atoms with Crippen LogP contribution in [0.25, 0.3) is 0 Å². The number of hydrogen-bond donors (Lipinski definition) is 1. The van der Waals surface area contributed by atoms with Gasteiger partial charge in [0, 0.05) is 12.5 Å². The second kappa shape index (κ2) is 7.22. The molecule has 4 nitrogen and oxygen atoms in total. The van der Waals surface area contributed by atoms with Crippen molar-refractivity contribution in [3.05, 3.63) is 29.6 Å². The molecule has 1 N–H and O–H groups in total. The van der Waals surface area contributed by atoms with Crippen LogP contribution >= 0.6 is 0 Å². The lowest BCUT2D eigenvalue weighted by Crippen LogP contribution is -2.25. The number of nitrogens with zero attached hydrogens (tertiary/aromatic N) is 1. The minimum Gasteiger partial charge on any atom is -0.309 e. The maximum atomic E-state index is 12.5. The summed E-state index contributed by atoms with van der Waals surface area (Å²) in [6.07, 6.45) is -1.42. The van der Waals surface area contributed by atoms with Crippen LogP contribution in [0.3, 0.4) is 0 Å². The number of halogens is 3. The number of sulfone groups is 1. The fourth-order valence-electron chi connectivity index (χ4n) is 1.78. The van der Waals surface area contributed by atoms with Crippen LogP contribution in [0.4, 0.5) is 13.2 Å². The molecular formula is C13H19F3N2O2S. The van der Waals surface area contributed by atoms with Gasteiger partial charge in [-0.05, 0) is 31.5 Å². The number of pyridine rings is 1. The van der Waals surface area contributed by atoms with E-state index in [1.165, 1.54) is 6.07 Å². The van der Waals surface area contributed by atoms with E-state index in [9.17, 15) is 21.6 Å². The number of hydrogen-bond acceptors (Lipinski definition) is 4.